The molecule has 0 spiro atoms. The largest absolute Gasteiger partial charge is 0.492 e. The Bertz CT molecular complexity index is 510. The van der Waals surface area contributed by atoms with Crippen molar-refractivity contribution in [1.82, 2.24) is 5.32 Å². The second-order valence-electron chi connectivity index (χ2n) is 5.13. The van der Waals surface area contributed by atoms with Crippen molar-refractivity contribution in [2.45, 2.75) is 31.8 Å². The topological polar surface area (TPSA) is 38.3 Å². The molecule has 0 amide bonds. The summed E-state index contributed by atoms with van der Waals surface area (Å²) in [5.41, 5.74) is 1.01. The molecule has 1 aromatic carbocycles. The van der Waals surface area contributed by atoms with Crippen molar-refractivity contribution in [3.05, 3.63) is 27.7 Å². The van der Waals surface area contributed by atoms with E-state index in [2.05, 4.69) is 12.2 Å². The molecule has 0 saturated carbocycles. The van der Waals surface area contributed by atoms with Crippen LogP contribution < -0.4 is 10.1 Å². The molecule has 1 heterocycles. The van der Waals surface area contributed by atoms with E-state index in [4.69, 9.17) is 27.9 Å². The molecule has 3 nitrogen and oxygen atoms in total. The number of fused-ring (bicyclic) bond motifs is 1. The minimum Gasteiger partial charge on any atom is -0.492 e. The van der Waals surface area contributed by atoms with Crippen molar-refractivity contribution < 1.29 is 8.95 Å². The molecule has 6 heteroatoms. The highest BCUT2D eigenvalue weighted by atomic mass is 35.5. The molecule has 0 bridgehead atoms. The van der Waals surface area contributed by atoms with Gasteiger partial charge in [-0.3, -0.25) is 4.21 Å². The molecule has 112 valence electrons. The Kier molecular flexibility index (Phi) is 5.73. The van der Waals surface area contributed by atoms with Gasteiger partial charge >= 0.3 is 0 Å². The number of halogens is 2. The van der Waals surface area contributed by atoms with Crippen LogP contribution in [0.25, 0.3) is 0 Å². The van der Waals surface area contributed by atoms with Crippen molar-refractivity contribution in [3.8, 4) is 5.75 Å². The van der Waals surface area contributed by atoms with Crippen LogP contribution in [0.15, 0.2) is 12.1 Å². The summed E-state index contributed by atoms with van der Waals surface area (Å²) in [6, 6.07) is 4.07. The summed E-state index contributed by atoms with van der Waals surface area (Å²) >= 11 is 12.3. The van der Waals surface area contributed by atoms with E-state index in [9.17, 15) is 4.21 Å². The van der Waals surface area contributed by atoms with Crippen LogP contribution in [0, 0.1) is 0 Å². The lowest BCUT2D eigenvalue weighted by Gasteiger charge is -2.30. The van der Waals surface area contributed by atoms with Crippen LogP contribution in [0.1, 0.15) is 31.4 Å². The average molecular weight is 336 g/mol. The van der Waals surface area contributed by atoms with Gasteiger partial charge in [0.05, 0.1) is 11.6 Å². The molecular weight excluding hydrogens is 317 g/mol. The normalized spacial score (nSPS) is 20.9. The maximum absolute atomic E-state index is 11.2. The molecule has 0 saturated heterocycles. The van der Waals surface area contributed by atoms with Gasteiger partial charge in [0.1, 0.15) is 5.75 Å². The van der Waals surface area contributed by atoms with Gasteiger partial charge in [0.15, 0.2) is 0 Å². The van der Waals surface area contributed by atoms with Crippen LogP contribution in [0.4, 0.5) is 0 Å². The van der Waals surface area contributed by atoms with Gasteiger partial charge < -0.3 is 10.1 Å². The minimum atomic E-state index is -0.752. The summed E-state index contributed by atoms with van der Waals surface area (Å²) in [4.78, 5) is 0. The molecule has 1 aromatic rings. The highest BCUT2D eigenvalue weighted by Gasteiger charge is 2.25. The fourth-order valence-corrected chi connectivity index (χ4v) is 3.62. The van der Waals surface area contributed by atoms with Gasteiger partial charge in [-0.25, -0.2) is 0 Å². The number of rotatable bonds is 5. The molecule has 20 heavy (non-hydrogen) atoms. The second-order valence-corrected chi connectivity index (χ2v) is 7.53. The maximum Gasteiger partial charge on any atom is 0.142 e. The number of nitrogens with one attached hydrogen (secondary N) is 1. The summed E-state index contributed by atoms with van der Waals surface area (Å²) in [7, 11) is -0.752. The summed E-state index contributed by atoms with van der Waals surface area (Å²) in [5, 5.41) is 4.73. The van der Waals surface area contributed by atoms with Gasteiger partial charge in [0, 0.05) is 51.9 Å². The first kappa shape index (κ1) is 16.1. The molecule has 0 radical (unpaired) electrons. The lowest BCUT2D eigenvalue weighted by Crippen LogP contribution is -2.34. The molecule has 3 atom stereocenters. The van der Waals surface area contributed by atoms with Gasteiger partial charge in [0.25, 0.3) is 0 Å². The SMILES string of the molecule is CC(CCS(C)=O)NC1CCOc2c(Cl)cc(Cl)cc21. The molecule has 2 rings (SSSR count). The van der Waals surface area contributed by atoms with Crippen molar-refractivity contribution >= 4 is 34.0 Å². The van der Waals surface area contributed by atoms with Crippen LogP contribution in [0.2, 0.25) is 10.0 Å². The summed E-state index contributed by atoms with van der Waals surface area (Å²) < 4.78 is 16.8. The van der Waals surface area contributed by atoms with Gasteiger partial charge in [-0.2, -0.15) is 0 Å². The summed E-state index contributed by atoms with van der Waals surface area (Å²) in [6.07, 6.45) is 3.49. The third-order valence-corrected chi connectivity index (χ3v) is 4.70. The predicted molar refractivity (Wildman–Crippen MR) is 85.5 cm³/mol. The fraction of sp³-hybridized carbons (Fsp3) is 0.571. The molecule has 0 aromatic heterocycles. The standard InChI is InChI=1S/C14H19Cl2NO2S/c1-9(4-6-20(2)18)17-13-3-5-19-14-11(13)7-10(15)8-12(14)16/h7-9,13,17H,3-6H2,1-2H3. The van der Waals surface area contributed by atoms with E-state index in [0.29, 0.717) is 22.4 Å². The molecule has 0 fully saturated rings. The van der Waals surface area contributed by atoms with Gasteiger partial charge in [-0.15, -0.1) is 0 Å². The van der Waals surface area contributed by atoms with Gasteiger partial charge in [0.2, 0.25) is 0 Å². The number of benzene rings is 1. The van der Waals surface area contributed by atoms with Crippen LogP contribution in [-0.4, -0.2) is 28.9 Å². The van der Waals surface area contributed by atoms with Crippen molar-refractivity contribution in [2.24, 2.45) is 0 Å². The van der Waals surface area contributed by atoms with Crippen molar-refractivity contribution in [3.63, 3.8) is 0 Å². The molecule has 1 aliphatic heterocycles. The van der Waals surface area contributed by atoms with E-state index < -0.39 is 10.8 Å². The molecule has 0 aliphatic carbocycles. The quantitative estimate of drug-likeness (QED) is 0.893. The Morgan fingerprint density at radius 2 is 2.25 bits per heavy atom. The monoisotopic (exact) mass is 335 g/mol. The third-order valence-electron chi connectivity index (χ3n) is 3.39. The van der Waals surface area contributed by atoms with E-state index in [0.717, 1.165) is 24.2 Å². The fourth-order valence-electron chi connectivity index (χ4n) is 2.37. The third kappa shape index (κ3) is 4.10. The van der Waals surface area contributed by atoms with Gasteiger partial charge in [-0.1, -0.05) is 23.2 Å². The Morgan fingerprint density at radius 3 is 2.95 bits per heavy atom. The van der Waals surface area contributed by atoms with E-state index >= 15 is 0 Å². The summed E-state index contributed by atoms with van der Waals surface area (Å²) in [5.74, 6) is 1.44. The smallest absolute Gasteiger partial charge is 0.142 e. The first-order valence-electron chi connectivity index (χ1n) is 6.65. The second kappa shape index (κ2) is 7.12. The summed E-state index contributed by atoms with van der Waals surface area (Å²) in [6.45, 7) is 2.74. The van der Waals surface area contributed by atoms with Crippen molar-refractivity contribution in [2.75, 3.05) is 18.6 Å². The highest BCUT2D eigenvalue weighted by molar-refractivity contribution is 7.84. The zero-order valence-electron chi connectivity index (χ0n) is 11.6. The first-order chi connectivity index (χ1) is 9.47. The molecule has 1 N–H and O–H groups in total. The predicted octanol–water partition coefficient (Wildman–Crippen LogP) is 3.56. The van der Waals surface area contributed by atoms with Crippen LogP contribution in [0.5, 0.6) is 5.75 Å². The lowest BCUT2D eigenvalue weighted by atomic mass is 9.99. The Hall–Kier alpha value is -0.290. The van der Waals surface area contributed by atoms with E-state index in [1.165, 1.54) is 0 Å². The van der Waals surface area contributed by atoms with Crippen LogP contribution in [-0.2, 0) is 10.8 Å². The van der Waals surface area contributed by atoms with Gasteiger partial charge in [-0.05, 0) is 25.5 Å². The van der Waals surface area contributed by atoms with E-state index in [-0.39, 0.29) is 12.1 Å². The Labute approximate surface area is 132 Å². The first-order valence-corrected chi connectivity index (χ1v) is 9.13. The minimum absolute atomic E-state index is 0.176. The van der Waals surface area contributed by atoms with E-state index in [1.807, 2.05) is 6.07 Å². The zero-order valence-corrected chi connectivity index (χ0v) is 13.9. The van der Waals surface area contributed by atoms with E-state index in [1.54, 1.807) is 12.3 Å². The zero-order chi connectivity index (χ0) is 14.7. The van der Waals surface area contributed by atoms with Crippen LogP contribution in [0.3, 0.4) is 0 Å². The molecular formula is C14H19Cl2NO2S. The number of hydrogen-bond donors (Lipinski definition) is 1. The number of ether oxygens (including phenoxy) is 1. The average Bonchev–Trinajstić information content (AvgIpc) is 2.37. The molecule has 1 aliphatic rings. The molecule has 3 unspecified atom stereocenters. The van der Waals surface area contributed by atoms with Crippen molar-refractivity contribution in [1.29, 1.82) is 0 Å². The Balaban J connectivity index is 2.10. The number of hydrogen-bond acceptors (Lipinski definition) is 3. The lowest BCUT2D eigenvalue weighted by molar-refractivity contribution is 0.245. The highest BCUT2D eigenvalue weighted by Crippen LogP contribution is 2.40. The van der Waals surface area contributed by atoms with Crippen LogP contribution >= 0.6 is 23.2 Å². The Morgan fingerprint density at radius 1 is 1.50 bits per heavy atom. The maximum atomic E-state index is 11.2.